The molecule has 0 bridgehead atoms. The van der Waals surface area contributed by atoms with Crippen LogP contribution in [0.15, 0.2) is 24.3 Å². The fourth-order valence-corrected chi connectivity index (χ4v) is 7.94. The van der Waals surface area contributed by atoms with Crippen molar-refractivity contribution in [1.29, 1.82) is 0 Å². The van der Waals surface area contributed by atoms with Crippen LogP contribution < -0.4 is 0 Å². The van der Waals surface area contributed by atoms with Crippen LogP contribution in [0.25, 0.3) is 0 Å². The molecule has 0 spiro atoms. The number of hydrogen-bond acceptors (Lipinski definition) is 2. The molecule has 2 aliphatic carbocycles. The molecule has 3 heteroatoms. The second-order valence-electron chi connectivity index (χ2n) is 13.1. The van der Waals surface area contributed by atoms with Crippen LogP contribution >= 0.6 is 0 Å². The lowest BCUT2D eigenvalue weighted by Crippen LogP contribution is -2.63. The first-order chi connectivity index (χ1) is 15.1. The van der Waals surface area contributed by atoms with Gasteiger partial charge in [-0.25, -0.2) is 0 Å². The van der Waals surface area contributed by atoms with E-state index in [2.05, 4.69) is 93.0 Å². The summed E-state index contributed by atoms with van der Waals surface area (Å²) >= 11 is 0. The van der Waals surface area contributed by atoms with Crippen molar-refractivity contribution in [3.05, 3.63) is 24.3 Å². The Labute approximate surface area is 206 Å². The summed E-state index contributed by atoms with van der Waals surface area (Å²) < 4.78 is 7.13. The fraction of sp³-hybridized carbons (Fsp3) is 0.767. The second-order valence-corrected chi connectivity index (χ2v) is 17.8. The third kappa shape index (κ3) is 5.13. The predicted octanol–water partition coefficient (Wildman–Crippen LogP) is 8.21. The summed E-state index contributed by atoms with van der Waals surface area (Å²) in [5.41, 5.74) is 0.782. The molecule has 0 aliphatic heterocycles. The molecule has 2 aliphatic rings. The molecule has 2 nitrogen and oxygen atoms in total. The highest BCUT2D eigenvalue weighted by molar-refractivity contribution is 6.74. The Hall–Kier alpha value is -1.11. The van der Waals surface area contributed by atoms with Gasteiger partial charge in [-0.05, 0) is 81.3 Å². The lowest BCUT2D eigenvalue weighted by atomic mass is 9.42. The second kappa shape index (κ2) is 9.86. The summed E-state index contributed by atoms with van der Waals surface area (Å²) in [6, 6.07) is 0. The van der Waals surface area contributed by atoms with Crippen molar-refractivity contribution in [2.45, 2.75) is 112 Å². The smallest absolute Gasteiger partial charge is 0.192 e. The van der Waals surface area contributed by atoms with Gasteiger partial charge in [0.25, 0.3) is 0 Å². The molecule has 2 fully saturated rings. The molecule has 2 saturated carbocycles. The van der Waals surface area contributed by atoms with E-state index in [9.17, 15) is 4.79 Å². The Balaban J connectivity index is 2.69. The maximum atomic E-state index is 13.8. The number of Topliss-reactive ketones (excluding diaryl/α,β-unsaturated/α-hetero) is 1. The summed E-state index contributed by atoms with van der Waals surface area (Å²) in [5.74, 6) is 8.37. The maximum Gasteiger partial charge on any atom is 0.192 e. The van der Waals surface area contributed by atoms with Crippen LogP contribution in [0.1, 0.15) is 88.0 Å². The third-order valence-electron chi connectivity index (χ3n) is 9.53. The zero-order valence-electron chi connectivity index (χ0n) is 23.4. The van der Waals surface area contributed by atoms with Crippen LogP contribution in [0.4, 0.5) is 0 Å². The molecule has 186 valence electrons. The Morgan fingerprint density at radius 2 is 1.88 bits per heavy atom. The number of ketones is 1. The summed E-state index contributed by atoms with van der Waals surface area (Å²) in [6.45, 7) is 28.9. The molecule has 2 rings (SSSR count). The lowest BCUT2D eigenvalue weighted by molar-refractivity contribution is -0.171. The first-order valence-electron chi connectivity index (χ1n) is 12.9. The Morgan fingerprint density at radius 3 is 2.36 bits per heavy atom. The number of hydrogen-bond donors (Lipinski definition) is 0. The molecule has 0 N–H and O–H groups in total. The summed E-state index contributed by atoms with van der Waals surface area (Å²) in [4.78, 5) is 13.8. The summed E-state index contributed by atoms with van der Waals surface area (Å²) in [5, 5.41) is 0.143. The number of carbonyl (C=O) groups excluding carboxylic acids is 1. The maximum absolute atomic E-state index is 13.8. The number of carbonyl (C=O) groups is 1. The van der Waals surface area contributed by atoms with Gasteiger partial charge < -0.3 is 4.43 Å². The highest BCUT2D eigenvalue weighted by Crippen LogP contribution is 2.64. The van der Waals surface area contributed by atoms with E-state index in [1.807, 2.05) is 13.0 Å². The molecule has 0 radical (unpaired) electrons. The van der Waals surface area contributed by atoms with E-state index in [1.165, 1.54) is 5.57 Å². The summed E-state index contributed by atoms with van der Waals surface area (Å²) in [7, 11) is -1.98. The topological polar surface area (TPSA) is 26.3 Å². The van der Waals surface area contributed by atoms with E-state index in [0.29, 0.717) is 30.5 Å². The molecule has 0 amide bonds. The minimum absolute atomic E-state index is 0.00285. The molecular weight excluding hydrogens is 420 g/mol. The number of allylic oxidation sites excluding steroid dienone is 3. The van der Waals surface area contributed by atoms with Crippen LogP contribution in [0, 0.1) is 46.3 Å². The van der Waals surface area contributed by atoms with Crippen molar-refractivity contribution in [1.82, 2.24) is 0 Å². The lowest BCUT2D eigenvalue weighted by Gasteiger charge is -2.63. The van der Waals surface area contributed by atoms with Crippen molar-refractivity contribution in [2.24, 2.45) is 34.5 Å². The fourth-order valence-electron chi connectivity index (χ4n) is 6.57. The van der Waals surface area contributed by atoms with Gasteiger partial charge in [-0.2, -0.15) is 0 Å². The molecule has 0 aromatic heterocycles. The van der Waals surface area contributed by atoms with Crippen LogP contribution in [0.5, 0.6) is 0 Å². The van der Waals surface area contributed by atoms with E-state index in [-0.39, 0.29) is 28.4 Å². The zero-order chi connectivity index (χ0) is 25.4. The Morgan fingerprint density at radius 1 is 1.27 bits per heavy atom. The zero-order valence-corrected chi connectivity index (χ0v) is 24.4. The van der Waals surface area contributed by atoms with E-state index in [1.54, 1.807) is 0 Å². The Kier molecular flexibility index (Phi) is 8.41. The van der Waals surface area contributed by atoms with E-state index in [4.69, 9.17) is 4.43 Å². The molecular formula is C30H50O2Si. The standard InChI is InChI=1S/C30H50O2Si/c1-13-15-26-29(9,18-14-2)27(31)20-24-25(32-33(11,12)28(6,7)8)19-22(5)23(30(24,26)10)17-16-21(3)4/h14,16,22-26H,2,17-20H2,1,3-12H3/t22-,23+,24-,25-,26+,29-,30-/m0/s1. The van der Waals surface area contributed by atoms with Crippen molar-refractivity contribution in [3.63, 3.8) is 0 Å². The van der Waals surface area contributed by atoms with Gasteiger partial charge in [0.2, 0.25) is 0 Å². The van der Waals surface area contributed by atoms with Gasteiger partial charge >= 0.3 is 0 Å². The van der Waals surface area contributed by atoms with E-state index < -0.39 is 13.7 Å². The minimum Gasteiger partial charge on any atom is -0.414 e. The van der Waals surface area contributed by atoms with Crippen LogP contribution in [-0.2, 0) is 9.22 Å². The Bertz CT molecular complexity index is 832. The van der Waals surface area contributed by atoms with Crippen LogP contribution in [-0.4, -0.2) is 20.2 Å². The van der Waals surface area contributed by atoms with Gasteiger partial charge in [-0.15, -0.1) is 12.5 Å². The van der Waals surface area contributed by atoms with Gasteiger partial charge in [0, 0.05) is 23.9 Å². The van der Waals surface area contributed by atoms with Crippen molar-refractivity contribution in [3.8, 4) is 11.8 Å². The molecule has 0 unspecified atom stereocenters. The number of fused-ring (bicyclic) bond motifs is 1. The van der Waals surface area contributed by atoms with Crippen LogP contribution in [0.2, 0.25) is 18.1 Å². The van der Waals surface area contributed by atoms with Gasteiger partial charge in [0.05, 0.1) is 0 Å². The van der Waals surface area contributed by atoms with E-state index >= 15 is 0 Å². The largest absolute Gasteiger partial charge is 0.414 e. The monoisotopic (exact) mass is 470 g/mol. The van der Waals surface area contributed by atoms with Gasteiger partial charge in [0.15, 0.2) is 8.32 Å². The highest BCUT2D eigenvalue weighted by atomic mass is 28.4. The minimum atomic E-state index is -1.98. The number of rotatable bonds is 6. The van der Waals surface area contributed by atoms with Gasteiger partial charge in [-0.1, -0.05) is 65.2 Å². The van der Waals surface area contributed by atoms with Crippen molar-refractivity contribution in [2.75, 3.05) is 0 Å². The highest BCUT2D eigenvalue weighted by Gasteiger charge is 2.64. The van der Waals surface area contributed by atoms with Crippen LogP contribution in [0.3, 0.4) is 0 Å². The average molecular weight is 471 g/mol. The molecule has 0 saturated heterocycles. The van der Waals surface area contributed by atoms with Crippen molar-refractivity contribution < 1.29 is 9.22 Å². The molecule has 0 aromatic carbocycles. The third-order valence-corrected chi connectivity index (χ3v) is 14.0. The van der Waals surface area contributed by atoms with Gasteiger partial charge in [-0.3, -0.25) is 4.79 Å². The van der Waals surface area contributed by atoms with Crippen molar-refractivity contribution >= 4 is 14.1 Å². The first kappa shape index (κ1) is 28.1. The quantitative estimate of drug-likeness (QED) is 0.222. The molecule has 7 atom stereocenters. The van der Waals surface area contributed by atoms with Gasteiger partial charge in [0.1, 0.15) is 5.78 Å². The molecule has 0 heterocycles. The van der Waals surface area contributed by atoms with E-state index in [0.717, 1.165) is 12.8 Å². The predicted molar refractivity (Wildman–Crippen MR) is 144 cm³/mol. The first-order valence-corrected chi connectivity index (χ1v) is 15.8. The SMILES string of the molecule is C=CC[C@]1(C)C(=O)C[C@H]2[C@@H](O[Si](C)(C)C(C)(C)C)C[C@H](C)[C@@H](CC=C(C)C)[C@]2(C)[C@@H]1C#CC. The average Bonchev–Trinajstić information content (AvgIpc) is 2.66. The molecule has 0 aromatic rings. The summed E-state index contributed by atoms with van der Waals surface area (Å²) in [6.07, 6.45) is 7.80. The normalized spacial score (nSPS) is 36.9. The molecule has 33 heavy (non-hydrogen) atoms.